The number of aromatic nitrogens is 2. The minimum absolute atomic E-state index is 0.0812. The van der Waals surface area contributed by atoms with Gasteiger partial charge in [0.2, 0.25) is 0 Å². The van der Waals surface area contributed by atoms with E-state index in [1.54, 1.807) is 18.4 Å². The van der Waals surface area contributed by atoms with Gasteiger partial charge in [-0.15, -0.1) is 0 Å². The van der Waals surface area contributed by atoms with Gasteiger partial charge in [-0.05, 0) is 11.8 Å². The van der Waals surface area contributed by atoms with Gasteiger partial charge in [-0.3, -0.25) is 0 Å². The number of nitrogens with zero attached hydrogens (tertiary/aromatic N) is 2. The molecule has 0 spiro atoms. The molecule has 0 fully saturated rings. The summed E-state index contributed by atoms with van der Waals surface area (Å²) in [6, 6.07) is 9.33. The Hall–Kier alpha value is -2.87. The van der Waals surface area contributed by atoms with Crippen LogP contribution in [-0.4, -0.2) is 39.9 Å². The normalized spacial score (nSPS) is 10.6. The van der Waals surface area contributed by atoms with Crippen LogP contribution in [-0.2, 0) is 11.3 Å². The van der Waals surface area contributed by atoms with Gasteiger partial charge in [-0.1, -0.05) is 54.2 Å². The lowest BCUT2D eigenvalue weighted by molar-refractivity contribution is 0.0689. The Balaban J connectivity index is 1.84. The lowest BCUT2D eigenvalue weighted by Gasteiger charge is -2.05. The fourth-order valence-electron chi connectivity index (χ4n) is 1.87. The SMILES string of the molecule is CSc1ncc(C=CCNC(=O)OCc2ccccc2)c(C(=O)O)n1. The van der Waals surface area contributed by atoms with Crippen molar-refractivity contribution in [1.29, 1.82) is 0 Å². The highest BCUT2D eigenvalue weighted by atomic mass is 32.2. The number of aromatic carboxylic acids is 1. The van der Waals surface area contributed by atoms with E-state index in [0.717, 1.165) is 5.56 Å². The maximum atomic E-state index is 11.6. The Morgan fingerprint density at radius 1 is 1.32 bits per heavy atom. The van der Waals surface area contributed by atoms with Crippen LogP contribution in [0.4, 0.5) is 4.79 Å². The summed E-state index contributed by atoms with van der Waals surface area (Å²) >= 11 is 1.26. The molecule has 2 rings (SSSR count). The topological polar surface area (TPSA) is 101 Å². The minimum Gasteiger partial charge on any atom is -0.476 e. The summed E-state index contributed by atoms with van der Waals surface area (Å²) in [5.74, 6) is -1.13. The molecule has 0 aliphatic rings. The second kappa shape index (κ2) is 9.43. The van der Waals surface area contributed by atoms with Crippen molar-refractivity contribution in [1.82, 2.24) is 15.3 Å². The van der Waals surface area contributed by atoms with E-state index in [-0.39, 0.29) is 18.8 Å². The van der Waals surface area contributed by atoms with Crippen LogP contribution in [0.25, 0.3) is 6.08 Å². The van der Waals surface area contributed by atoms with Crippen LogP contribution in [0.3, 0.4) is 0 Å². The molecule has 0 saturated carbocycles. The zero-order valence-corrected chi connectivity index (χ0v) is 14.3. The second-order valence-corrected chi connectivity index (χ2v) is 5.58. The Bertz CT molecular complexity index is 766. The standard InChI is InChI=1S/C17H17N3O4S/c1-25-16-19-10-13(14(20-16)15(21)22)8-5-9-18-17(23)24-11-12-6-3-2-4-7-12/h2-8,10H,9,11H2,1H3,(H,18,23)(H,21,22). The first-order chi connectivity index (χ1) is 12.1. The summed E-state index contributed by atoms with van der Waals surface area (Å²) in [6.45, 7) is 0.375. The fraction of sp³-hybridized carbons (Fsp3) is 0.176. The van der Waals surface area contributed by atoms with Gasteiger partial charge in [0.25, 0.3) is 0 Å². The molecule has 0 aliphatic carbocycles. The summed E-state index contributed by atoms with van der Waals surface area (Å²) in [7, 11) is 0. The highest BCUT2D eigenvalue weighted by molar-refractivity contribution is 7.98. The molecule has 1 aromatic carbocycles. The zero-order chi connectivity index (χ0) is 18.1. The average Bonchev–Trinajstić information content (AvgIpc) is 2.64. The molecular formula is C17H17N3O4S. The van der Waals surface area contributed by atoms with E-state index in [4.69, 9.17) is 4.74 Å². The molecule has 1 aromatic heterocycles. The Kier molecular flexibility index (Phi) is 6.97. The zero-order valence-electron chi connectivity index (χ0n) is 13.5. The van der Waals surface area contributed by atoms with Crippen molar-refractivity contribution in [2.45, 2.75) is 11.8 Å². The Morgan fingerprint density at radius 2 is 2.08 bits per heavy atom. The number of nitrogens with one attached hydrogen (secondary N) is 1. The number of carboxylic acid groups (broad SMARTS) is 1. The molecule has 1 heterocycles. The number of hydrogen-bond acceptors (Lipinski definition) is 6. The van der Waals surface area contributed by atoms with Crippen LogP contribution < -0.4 is 5.32 Å². The molecule has 0 saturated heterocycles. The molecule has 1 amide bonds. The van der Waals surface area contributed by atoms with Crippen LogP contribution in [0, 0.1) is 0 Å². The number of carboxylic acids is 1. The Morgan fingerprint density at radius 3 is 2.76 bits per heavy atom. The summed E-state index contributed by atoms with van der Waals surface area (Å²) < 4.78 is 5.07. The molecule has 0 unspecified atom stereocenters. The van der Waals surface area contributed by atoms with Crippen LogP contribution in [0.1, 0.15) is 21.6 Å². The Labute approximate surface area is 149 Å². The van der Waals surface area contributed by atoms with Gasteiger partial charge in [0.05, 0.1) is 0 Å². The first-order valence-corrected chi connectivity index (χ1v) is 8.58. The molecule has 25 heavy (non-hydrogen) atoms. The van der Waals surface area contributed by atoms with Crippen molar-refractivity contribution >= 4 is 29.9 Å². The summed E-state index contributed by atoms with van der Waals surface area (Å²) in [5.41, 5.74) is 1.18. The van der Waals surface area contributed by atoms with Crippen molar-refractivity contribution in [3.63, 3.8) is 0 Å². The number of ether oxygens (including phenoxy) is 1. The monoisotopic (exact) mass is 359 g/mol. The maximum absolute atomic E-state index is 11.6. The van der Waals surface area contributed by atoms with Crippen LogP contribution >= 0.6 is 11.8 Å². The van der Waals surface area contributed by atoms with E-state index in [0.29, 0.717) is 10.7 Å². The van der Waals surface area contributed by atoms with Gasteiger partial charge in [0, 0.05) is 18.3 Å². The molecule has 130 valence electrons. The van der Waals surface area contributed by atoms with Gasteiger partial charge in [0.1, 0.15) is 6.61 Å². The predicted molar refractivity (Wildman–Crippen MR) is 94.4 cm³/mol. The number of benzene rings is 1. The van der Waals surface area contributed by atoms with Crippen molar-refractivity contribution in [3.8, 4) is 0 Å². The van der Waals surface area contributed by atoms with Crippen molar-refractivity contribution in [2.75, 3.05) is 12.8 Å². The van der Waals surface area contributed by atoms with Crippen molar-refractivity contribution in [3.05, 3.63) is 59.4 Å². The van der Waals surface area contributed by atoms with E-state index in [2.05, 4.69) is 15.3 Å². The quantitative estimate of drug-likeness (QED) is 0.579. The third kappa shape index (κ3) is 5.92. The molecule has 7 nitrogen and oxygen atoms in total. The molecule has 0 radical (unpaired) electrons. The lowest BCUT2D eigenvalue weighted by atomic mass is 10.2. The number of alkyl carbamates (subject to hydrolysis) is 1. The third-order valence-corrected chi connectivity index (χ3v) is 3.62. The summed E-state index contributed by atoms with van der Waals surface area (Å²) in [4.78, 5) is 30.8. The molecule has 2 N–H and O–H groups in total. The summed E-state index contributed by atoms with van der Waals surface area (Å²) in [6.07, 6.45) is 5.80. The smallest absolute Gasteiger partial charge is 0.407 e. The highest BCUT2D eigenvalue weighted by Crippen LogP contribution is 2.13. The third-order valence-electron chi connectivity index (χ3n) is 3.05. The average molecular weight is 359 g/mol. The highest BCUT2D eigenvalue weighted by Gasteiger charge is 2.11. The van der Waals surface area contributed by atoms with Crippen molar-refractivity contribution < 1.29 is 19.4 Å². The van der Waals surface area contributed by atoms with Gasteiger partial charge >= 0.3 is 12.1 Å². The van der Waals surface area contributed by atoms with E-state index in [1.807, 2.05) is 30.3 Å². The van der Waals surface area contributed by atoms with E-state index in [9.17, 15) is 14.7 Å². The minimum atomic E-state index is -1.13. The number of thioether (sulfide) groups is 1. The van der Waals surface area contributed by atoms with Crippen molar-refractivity contribution in [2.24, 2.45) is 0 Å². The number of carbonyl (C=O) groups is 2. The van der Waals surface area contributed by atoms with E-state index in [1.165, 1.54) is 18.0 Å². The van der Waals surface area contributed by atoms with Crippen LogP contribution in [0.15, 0.2) is 47.8 Å². The molecular weight excluding hydrogens is 342 g/mol. The van der Waals surface area contributed by atoms with Gasteiger partial charge < -0.3 is 15.2 Å². The second-order valence-electron chi connectivity index (χ2n) is 4.81. The number of carbonyl (C=O) groups excluding carboxylic acids is 1. The maximum Gasteiger partial charge on any atom is 0.407 e. The first kappa shape index (κ1) is 18.5. The predicted octanol–water partition coefficient (Wildman–Crippen LogP) is 2.84. The van der Waals surface area contributed by atoms with E-state index < -0.39 is 12.1 Å². The number of hydrogen-bond donors (Lipinski definition) is 2. The molecule has 0 atom stereocenters. The number of rotatable bonds is 7. The first-order valence-electron chi connectivity index (χ1n) is 7.35. The van der Waals surface area contributed by atoms with E-state index >= 15 is 0 Å². The number of amides is 1. The van der Waals surface area contributed by atoms with Gasteiger partial charge in [-0.25, -0.2) is 19.6 Å². The lowest BCUT2D eigenvalue weighted by Crippen LogP contribution is -2.24. The molecule has 8 heteroatoms. The molecule has 2 aromatic rings. The largest absolute Gasteiger partial charge is 0.476 e. The molecule has 0 aliphatic heterocycles. The molecule has 0 bridgehead atoms. The fourth-order valence-corrected chi connectivity index (χ4v) is 2.21. The van der Waals surface area contributed by atoms with Gasteiger partial charge in [-0.2, -0.15) is 0 Å². The summed E-state index contributed by atoms with van der Waals surface area (Å²) in [5, 5.41) is 12.1. The van der Waals surface area contributed by atoms with Crippen LogP contribution in [0.2, 0.25) is 0 Å². The van der Waals surface area contributed by atoms with Crippen LogP contribution in [0.5, 0.6) is 0 Å². The van der Waals surface area contributed by atoms with Gasteiger partial charge in [0.15, 0.2) is 10.9 Å².